The summed E-state index contributed by atoms with van der Waals surface area (Å²) in [5.74, 6) is 0.686. The Hall–Kier alpha value is -3.91. The van der Waals surface area contributed by atoms with E-state index < -0.39 is 0 Å². The number of fused-ring (bicyclic) bond motifs is 2. The topological polar surface area (TPSA) is 78.6 Å². The first kappa shape index (κ1) is 29.8. The van der Waals surface area contributed by atoms with Crippen LogP contribution in [0.1, 0.15) is 24.1 Å². The monoisotopic (exact) mass is 627 g/mol. The molecule has 4 aliphatic rings. The molecule has 1 saturated carbocycles. The second kappa shape index (κ2) is 12.5. The Kier molecular flexibility index (Phi) is 8.25. The normalized spacial score (nSPS) is 23.2. The fourth-order valence-electron chi connectivity index (χ4n) is 7.07. The quantitative estimate of drug-likeness (QED) is 0.272. The van der Waals surface area contributed by atoms with Gasteiger partial charge in [0.15, 0.2) is 0 Å². The third kappa shape index (κ3) is 5.81. The van der Waals surface area contributed by atoms with Crippen LogP contribution in [0.2, 0.25) is 5.02 Å². The molecule has 1 unspecified atom stereocenters. The zero-order valence-electron chi connectivity index (χ0n) is 25.6. The predicted octanol–water partition coefficient (Wildman–Crippen LogP) is 4.21. The Bertz CT molecular complexity index is 1650. The molecule has 45 heavy (non-hydrogen) atoms. The minimum Gasteiger partial charge on any atom is -0.456 e. The van der Waals surface area contributed by atoms with Gasteiger partial charge in [-0.25, -0.2) is 6.57 Å². The summed E-state index contributed by atoms with van der Waals surface area (Å²) in [6, 6.07) is 13.1. The van der Waals surface area contributed by atoms with E-state index in [-0.39, 0.29) is 30.6 Å². The summed E-state index contributed by atoms with van der Waals surface area (Å²) in [5.41, 5.74) is 3.09. The van der Waals surface area contributed by atoms with Crippen molar-refractivity contribution >= 4 is 39.8 Å². The SMILES string of the molecule is [C-]#[N+]CC1CN(c2nc(O[C@@H]3COC[C@H]3N(C)C3CC3)nc3c2CCN(c2cccc4cccc(Cl)c24)C3)CCN1C(=O)C=C. The predicted molar refractivity (Wildman–Crippen MR) is 175 cm³/mol. The lowest BCUT2D eigenvalue weighted by Gasteiger charge is -2.41. The largest absolute Gasteiger partial charge is 0.456 e. The van der Waals surface area contributed by atoms with E-state index in [0.717, 1.165) is 51.5 Å². The van der Waals surface area contributed by atoms with Gasteiger partial charge in [0.2, 0.25) is 12.5 Å². The number of rotatable bonds is 8. The van der Waals surface area contributed by atoms with Crippen LogP contribution >= 0.6 is 11.6 Å². The maximum absolute atomic E-state index is 12.6. The molecule has 3 aromatic rings. The van der Waals surface area contributed by atoms with Crippen molar-refractivity contribution in [2.24, 2.45) is 0 Å². The van der Waals surface area contributed by atoms with Crippen LogP contribution in [-0.2, 0) is 22.5 Å². The van der Waals surface area contributed by atoms with E-state index in [2.05, 4.69) is 57.4 Å². The zero-order chi connectivity index (χ0) is 31.1. The lowest BCUT2D eigenvalue weighted by Crippen LogP contribution is -2.56. The Morgan fingerprint density at radius 1 is 1.18 bits per heavy atom. The molecule has 3 atom stereocenters. The summed E-state index contributed by atoms with van der Waals surface area (Å²) in [6.45, 7) is 15.5. The number of amides is 1. The minimum atomic E-state index is -0.255. The first-order chi connectivity index (χ1) is 21.9. The highest BCUT2D eigenvalue weighted by atomic mass is 35.5. The van der Waals surface area contributed by atoms with Gasteiger partial charge in [-0.15, -0.1) is 0 Å². The summed E-state index contributed by atoms with van der Waals surface area (Å²) in [4.78, 5) is 35.0. The molecule has 1 aromatic heterocycles. The summed E-state index contributed by atoms with van der Waals surface area (Å²) in [5, 5.41) is 2.86. The van der Waals surface area contributed by atoms with Crippen molar-refractivity contribution in [2.75, 3.05) is 62.8 Å². The number of piperazine rings is 1. The van der Waals surface area contributed by atoms with Crippen LogP contribution in [0.25, 0.3) is 15.6 Å². The highest BCUT2D eigenvalue weighted by Crippen LogP contribution is 2.38. The number of aromatic nitrogens is 2. The maximum atomic E-state index is 12.6. The number of carbonyl (C=O) groups is 1. The first-order valence-electron chi connectivity index (χ1n) is 15.7. The molecule has 234 valence electrons. The highest BCUT2D eigenvalue weighted by Gasteiger charge is 2.41. The molecule has 0 radical (unpaired) electrons. The number of carbonyl (C=O) groups excluding carboxylic acids is 1. The van der Waals surface area contributed by atoms with Crippen LogP contribution in [0.5, 0.6) is 6.01 Å². The van der Waals surface area contributed by atoms with Crippen molar-refractivity contribution < 1.29 is 14.3 Å². The molecule has 4 heterocycles. The third-order valence-corrected chi connectivity index (χ3v) is 9.95. The van der Waals surface area contributed by atoms with Gasteiger partial charge in [0, 0.05) is 48.9 Å². The molecule has 1 aliphatic carbocycles. The van der Waals surface area contributed by atoms with Crippen molar-refractivity contribution in [3.8, 4) is 6.01 Å². The molecular weight excluding hydrogens is 590 g/mol. The number of nitrogens with zero attached hydrogens (tertiary/aromatic N) is 7. The van der Waals surface area contributed by atoms with Crippen molar-refractivity contribution in [1.82, 2.24) is 19.8 Å². The van der Waals surface area contributed by atoms with E-state index in [4.69, 9.17) is 37.6 Å². The van der Waals surface area contributed by atoms with Gasteiger partial charge in [-0.1, -0.05) is 42.4 Å². The third-order valence-electron chi connectivity index (χ3n) is 9.64. The van der Waals surface area contributed by atoms with Crippen molar-refractivity contribution in [2.45, 2.75) is 50.0 Å². The molecule has 0 N–H and O–H groups in total. The van der Waals surface area contributed by atoms with Gasteiger partial charge < -0.3 is 29.0 Å². The number of hydrogen-bond donors (Lipinski definition) is 0. The van der Waals surface area contributed by atoms with Gasteiger partial charge in [-0.05, 0) is 49.9 Å². The molecule has 11 heteroatoms. The van der Waals surface area contributed by atoms with E-state index in [1.165, 1.54) is 18.9 Å². The number of anilines is 2. The summed E-state index contributed by atoms with van der Waals surface area (Å²) in [6.07, 6.45) is 4.32. The molecule has 3 fully saturated rings. The summed E-state index contributed by atoms with van der Waals surface area (Å²) >= 11 is 6.73. The average Bonchev–Trinajstić information content (AvgIpc) is 3.82. The maximum Gasteiger partial charge on any atom is 0.319 e. The van der Waals surface area contributed by atoms with E-state index in [1.807, 2.05) is 12.1 Å². The molecule has 1 amide bonds. The van der Waals surface area contributed by atoms with Crippen LogP contribution in [0.4, 0.5) is 11.5 Å². The van der Waals surface area contributed by atoms with Crippen LogP contribution in [-0.4, -0.2) is 103 Å². The zero-order valence-corrected chi connectivity index (χ0v) is 26.3. The molecular formula is C34H38ClN7O3. The van der Waals surface area contributed by atoms with Gasteiger partial charge in [-0.3, -0.25) is 9.69 Å². The molecule has 2 aromatic carbocycles. The number of ether oxygens (including phenoxy) is 2. The van der Waals surface area contributed by atoms with Crippen molar-refractivity contribution in [1.29, 1.82) is 0 Å². The molecule has 7 rings (SSSR count). The van der Waals surface area contributed by atoms with Crippen LogP contribution < -0.4 is 14.5 Å². The second-order valence-corrected chi connectivity index (χ2v) is 12.8. The lowest BCUT2D eigenvalue weighted by atomic mass is 10.0. The van der Waals surface area contributed by atoms with E-state index in [9.17, 15) is 4.79 Å². The van der Waals surface area contributed by atoms with Gasteiger partial charge in [0.1, 0.15) is 18.0 Å². The number of hydrogen-bond acceptors (Lipinski definition) is 8. The van der Waals surface area contributed by atoms with E-state index in [1.54, 1.807) is 4.90 Å². The van der Waals surface area contributed by atoms with E-state index in [0.29, 0.717) is 51.4 Å². The van der Waals surface area contributed by atoms with Gasteiger partial charge in [-0.2, -0.15) is 9.97 Å². The number of halogens is 1. The molecule has 3 aliphatic heterocycles. The highest BCUT2D eigenvalue weighted by molar-refractivity contribution is 6.36. The van der Waals surface area contributed by atoms with Gasteiger partial charge in [0.25, 0.3) is 0 Å². The fraction of sp³-hybridized carbons (Fsp3) is 0.471. The minimum absolute atomic E-state index is 0.145. The average molecular weight is 628 g/mol. The van der Waals surface area contributed by atoms with Crippen LogP contribution in [0, 0.1) is 6.57 Å². The second-order valence-electron chi connectivity index (χ2n) is 12.4. The lowest BCUT2D eigenvalue weighted by molar-refractivity contribution is -0.128. The van der Waals surface area contributed by atoms with Crippen molar-refractivity contribution in [3.05, 3.63) is 76.8 Å². The van der Waals surface area contributed by atoms with E-state index >= 15 is 0 Å². The molecule has 2 saturated heterocycles. The summed E-state index contributed by atoms with van der Waals surface area (Å²) < 4.78 is 12.5. The Morgan fingerprint density at radius 2 is 2.00 bits per heavy atom. The van der Waals surface area contributed by atoms with Crippen molar-refractivity contribution in [3.63, 3.8) is 0 Å². The smallest absolute Gasteiger partial charge is 0.319 e. The number of likely N-dealkylation sites (N-methyl/N-ethyl adjacent to an activating group) is 1. The Morgan fingerprint density at radius 3 is 2.78 bits per heavy atom. The fourth-order valence-corrected chi connectivity index (χ4v) is 7.35. The number of benzene rings is 2. The van der Waals surface area contributed by atoms with Crippen LogP contribution in [0.15, 0.2) is 49.1 Å². The molecule has 10 nitrogen and oxygen atoms in total. The molecule has 0 spiro atoms. The molecule has 0 bridgehead atoms. The Balaban J connectivity index is 1.24. The van der Waals surface area contributed by atoms with Gasteiger partial charge >= 0.3 is 6.01 Å². The van der Waals surface area contributed by atoms with Gasteiger partial charge in [0.05, 0.1) is 36.5 Å². The van der Waals surface area contributed by atoms with Crippen LogP contribution in [0.3, 0.4) is 0 Å². The first-order valence-corrected chi connectivity index (χ1v) is 16.1. The Labute approximate surface area is 269 Å². The standard InChI is InChI=1S/C34H38ClN7O3/c1-4-31(43)42-16-15-41(18-24(42)17-36-2)33-25-13-14-40(28-10-6-8-22-7-5-9-26(35)32(22)28)19-27(25)37-34(38-33)45-30-21-44-20-29(30)39(3)23-11-12-23/h4-10,23-24,29-30H,1,11-21H2,3H3/t24?,29-,30-/m1/s1. The summed E-state index contributed by atoms with van der Waals surface area (Å²) in [7, 11) is 2.15.